The average Bonchev–Trinajstić information content (AvgIpc) is 3.21. The molecule has 1 N–H and O–H groups in total. The minimum absolute atomic E-state index is 0.169. The molecule has 2 aromatic carbocycles. The fourth-order valence-electron chi connectivity index (χ4n) is 2.87. The van der Waals surface area contributed by atoms with Crippen molar-refractivity contribution in [3.05, 3.63) is 42.5 Å². The van der Waals surface area contributed by atoms with Crippen molar-refractivity contribution < 1.29 is 19.0 Å². The highest BCUT2D eigenvalue weighted by Crippen LogP contribution is 2.30. The van der Waals surface area contributed by atoms with Crippen molar-refractivity contribution >= 4 is 23.4 Å². The van der Waals surface area contributed by atoms with Gasteiger partial charge in [0.25, 0.3) is 0 Å². The monoisotopic (exact) mass is 428 g/mol. The highest BCUT2D eigenvalue weighted by atomic mass is 32.2. The summed E-state index contributed by atoms with van der Waals surface area (Å²) in [6, 6.07) is 12.9. The second-order valence-corrected chi connectivity index (χ2v) is 7.13. The van der Waals surface area contributed by atoms with Crippen LogP contribution in [0.1, 0.15) is 6.92 Å². The molecule has 1 amide bonds. The number of nitrogens with zero attached hydrogens (tertiary/aromatic N) is 3. The summed E-state index contributed by atoms with van der Waals surface area (Å²) in [7, 11) is 4.75. The van der Waals surface area contributed by atoms with Gasteiger partial charge in [-0.25, -0.2) is 0 Å². The van der Waals surface area contributed by atoms with E-state index in [1.54, 1.807) is 39.5 Å². The number of benzene rings is 2. The first kappa shape index (κ1) is 21.5. The van der Waals surface area contributed by atoms with Gasteiger partial charge in [0.1, 0.15) is 17.2 Å². The summed E-state index contributed by atoms with van der Waals surface area (Å²) in [5.74, 6) is 2.68. The average molecular weight is 429 g/mol. The predicted octanol–water partition coefficient (Wildman–Crippen LogP) is 3.72. The van der Waals surface area contributed by atoms with E-state index in [1.807, 2.05) is 35.8 Å². The zero-order valence-corrected chi connectivity index (χ0v) is 18.2. The van der Waals surface area contributed by atoms with Gasteiger partial charge in [0.15, 0.2) is 11.0 Å². The Morgan fingerprint density at radius 3 is 2.50 bits per heavy atom. The van der Waals surface area contributed by atoms with Crippen molar-refractivity contribution in [1.82, 2.24) is 14.8 Å². The molecule has 0 unspecified atom stereocenters. The molecule has 1 aromatic heterocycles. The van der Waals surface area contributed by atoms with Crippen LogP contribution in [0, 0.1) is 0 Å². The lowest BCUT2D eigenvalue weighted by molar-refractivity contribution is -0.113. The molecule has 0 aliphatic carbocycles. The number of hydrogen-bond donors (Lipinski definition) is 1. The fourth-order valence-corrected chi connectivity index (χ4v) is 3.68. The third kappa shape index (κ3) is 4.85. The number of carbonyl (C=O) groups is 1. The van der Waals surface area contributed by atoms with E-state index in [4.69, 9.17) is 14.2 Å². The molecule has 0 bridgehead atoms. The Labute approximate surface area is 179 Å². The third-order valence-corrected chi connectivity index (χ3v) is 5.34. The zero-order chi connectivity index (χ0) is 21.5. The minimum Gasteiger partial charge on any atom is -0.497 e. The third-order valence-electron chi connectivity index (χ3n) is 4.38. The highest BCUT2D eigenvalue weighted by molar-refractivity contribution is 7.99. The standard InChI is InChI=1S/C21H24N4O4S/c1-5-25-20(14-7-6-8-15(11-14)27-2)23-24-21(25)30-13-19(26)22-17-10-9-16(28-3)12-18(17)29-4/h6-12H,5,13H2,1-4H3,(H,22,26). The molecule has 3 rings (SSSR count). The fraction of sp³-hybridized carbons (Fsp3) is 0.286. The van der Waals surface area contributed by atoms with Gasteiger partial charge < -0.3 is 24.1 Å². The van der Waals surface area contributed by atoms with Crippen LogP contribution in [0.5, 0.6) is 17.2 Å². The second-order valence-electron chi connectivity index (χ2n) is 6.19. The van der Waals surface area contributed by atoms with Crippen LogP contribution in [0.4, 0.5) is 5.69 Å². The van der Waals surface area contributed by atoms with Crippen LogP contribution in [0.3, 0.4) is 0 Å². The topological polar surface area (TPSA) is 87.5 Å². The van der Waals surface area contributed by atoms with Gasteiger partial charge in [0.2, 0.25) is 5.91 Å². The number of carbonyl (C=O) groups excluding carboxylic acids is 1. The van der Waals surface area contributed by atoms with E-state index in [0.29, 0.717) is 28.9 Å². The van der Waals surface area contributed by atoms with Crippen molar-refractivity contribution in [2.45, 2.75) is 18.6 Å². The molecule has 0 saturated heterocycles. The van der Waals surface area contributed by atoms with Gasteiger partial charge in [-0.1, -0.05) is 23.9 Å². The summed E-state index contributed by atoms with van der Waals surface area (Å²) in [5.41, 5.74) is 1.49. The first-order valence-electron chi connectivity index (χ1n) is 9.31. The summed E-state index contributed by atoms with van der Waals surface area (Å²) in [6.45, 7) is 2.69. The molecular weight excluding hydrogens is 404 g/mol. The summed E-state index contributed by atoms with van der Waals surface area (Å²) in [4.78, 5) is 12.5. The zero-order valence-electron chi connectivity index (χ0n) is 17.3. The molecule has 0 aliphatic rings. The lowest BCUT2D eigenvalue weighted by atomic mass is 10.2. The molecule has 0 fully saturated rings. The summed E-state index contributed by atoms with van der Waals surface area (Å²) in [6.07, 6.45) is 0. The van der Waals surface area contributed by atoms with E-state index < -0.39 is 0 Å². The van der Waals surface area contributed by atoms with E-state index in [2.05, 4.69) is 15.5 Å². The van der Waals surface area contributed by atoms with Gasteiger partial charge in [0.05, 0.1) is 32.8 Å². The number of nitrogens with one attached hydrogen (secondary N) is 1. The lowest BCUT2D eigenvalue weighted by Gasteiger charge is -2.12. The Hall–Kier alpha value is -3.20. The summed E-state index contributed by atoms with van der Waals surface area (Å²) in [5, 5.41) is 12.1. The van der Waals surface area contributed by atoms with E-state index in [0.717, 1.165) is 17.1 Å². The van der Waals surface area contributed by atoms with Crippen LogP contribution in [-0.4, -0.2) is 47.8 Å². The molecular formula is C21H24N4O4S. The number of thioether (sulfide) groups is 1. The van der Waals surface area contributed by atoms with Gasteiger partial charge in [-0.3, -0.25) is 4.79 Å². The van der Waals surface area contributed by atoms with Crippen LogP contribution in [0.25, 0.3) is 11.4 Å². The molecule has 8 nitrogen and oxygen atoms in total. The quantitative estimate of drug-likeness (QED) is 0.520. The molecule has 158 valence electrons. The Morgan fingerprint density at radius 1 is 1.03 bits per heavy atom. The summed E-state index contributed by atoms with van der Waals surface area (Å²) < 4.78 is 17.8. The number of amides is 1. The molecule has 3 aromatic rings. The smallest absolute Gasteiger partial charge is 0.234 e. The van der Waals surface area contributed by atoms with E-state index in [-0.39, 0.29) is 11.7 Å². The van der Waals surface area contributed by atoms with Gasteiger partial charge in [-0.15, -0.1) is 10.2 Å². The van der Waals surface area contributed by atoms with E-state index >= 15 is 0 Å². The Morgan fingerprint density at radius 2 is 1.80 bits per heavy atom. The van der Waals surface area contributed by atoms with Crippen LogP contribution in [0.15, 0.2) is 47.6 Å². The van der Waals surface area contributed by atoms with E-state index in [1.165, 1.54) is 11.8 Å². The van der Waals surface area contributed by atoms with Crippen molar-refractivity contribution in [3.8, 4) is 28.6 Å². The number of ether oxygens (including phenoxy) is 3. The van der Waals surface area contributed by atoms with Gasteiger partial charge >= 0.3 is 0 Å². The first-order chi connectivity index (χ1) is 14.6. The minimum atomic E-state index is -0.169. The molecule has 1 heterocycles. The Bertz CT molecular complexity index is 1020. The summed E-state index contributed by atoms with van der Waals surface area (Å²) >= 11 is 1.33. The van der Waals surface area contributed by atoms with Crippen LogP contribution in [0.2, 0.25) is 0 Å². The van der Waals surface area contributed by atoms with Gasteiger partial charge in [0, 0.05) is 18.2 Å². The van der Waals surface area contributed by atoms with E-state index in [9.17, 15) is 4.79 Å². The maximum Gasteiger partial charge on any atom is 0.234 e. The Balaban J connectivity index is 1.70. The van der Waals surface area contributed by atoms with Crippen LogP contribution < -0.4 is 19.5 Å². The van der Waals surface area contributed by atoms with Crippen molar-refractivity contribution in [3.63, 3.8) is 0 Å². The normalized spacial score (nSPS) is 10.5. The number of rotatable bonds is 9. The number of hydrogen-bond acceptors (Lipinski definition) is 7. The van der Waals surface area contributed by atoms with Crippen molar-refractivity contribution in [1.29, 1.82) is 0 Å². The predicted molar refractivity (Wildman–Crippen MR) is 117 cm³/mol. The highest BCUT2D eigenvalue weighted by Gasteiger charge is 2.16. The number of aromatic nitrogens is 3. The molecule has 9 heteroatoms. The second kappa shape index (κ2) is 10.0. The van der Waals surface area contributed by atoms with Gasteiger partial charge in [-0.2, -0.15) is 0 Å². The molecule has 0 saturated carbocycles. The number of methoxy groups -OCH3 is 3. The van der Waals surface area contributed by atoms with Crippen LogP contribution >= 0.6 is 11.8 Å². The maximum atomic E-state index is 12.5. The molecule has 0 spiro atoms. The molecule has 30 heavy (non-hydrogen) atoms. The van der Waals surface area contributed by atoms with Crippen molar-refractivity contribution in [2.75, 3.05) is 32.4 Å². The largest absolute Gasteiger partial charge is 0.497 e. The van der Waals surface area contributed by atoms with Gasteiger partial charge in [-0.05, 0) is 31.2 Å². The SMILES string of the molecule is CCn1c(SCC(=O)Nc2ccc(OC)cc2OC)nnc1-c1cccc(OC)c1. The van der Waals surface area contributed by atoms with Crippen molar-refractivity contribution in [2.24, 2.45) is 0 Å². The molecule has 0 aliphatic heterocycles. The lowest BCUT2D eigenvalue weighted by Crippen LogP contribution is -2.15. The molecule has 0 radical (unpaired) electrons. The first-order valence-corrected chi connectivity index (χ1v) is 10.3. The Kier molecular flexibility index (Phi) is 7.18. The van der Waals surface area contributed by atoms with Crippen LogP contribution in [-0.2, 0) is 11.3 Å². The number of anilines is 1. The molecule has 0 atom stereocenters. The maximum absolute atomic E-state index is 12.5.